The predicted octanol–water partition coefficient (Wildman–Crippen LogP) is 2.49. The summed E-state index contributed by atoms with van der Waals surface area (Å²) < 4.78 is 0. The first kappa shape index (κ1) is 13.1. The molecule has 0 atom stereocenters. The molecule has 0 radical (unpaired) electrons. The fraction of sp³-hybridized carbons (Fsp3) is 0.0625. The van der Waals surface area contributed by atoms with Gasteiger partial charge >= 0.3 is 5.97 Å². The van der Waals surface area contributed by atoms with Gasteiger partial charge in [0.1, 0.15) is 0 Å². The normalized spacial score (nSPS) is 13.5. The number of hydrogen-bond donors (Lipinski definition) is 1. The highest BCUT2D eigenvalue weighted by atomic mass is 16.4. The van der Waals surface area contributed by atoms with E-state index in [0.29, 0.717) is 11.1 Å². The van der Waals surface area contributed by atoms with Crippen LogP contribution in [0.5, 0.6) is 0 Å². The minimum Gasteiger partial charge on any atom is -0.478 e. The van der Waals surface area contributed by atoms with E-state index in [-0.39, 0.29) is 11.3 Å². The lowest BCUT2D eigenvalue weighted by molar-refractivity contribution is 0.0695. The molecule has 2 aromatic rings. The number of aryl methyl sites for hydroxylation is 1. The first-order chi connectivity index (χ1) is 9.99. The van der Waals surface area contributed by atoms with Gasteiger partial charge in [0.05, 0.1) is 22.4 Å². The zero-order valence-electron chi connectivity index (χ0n) is 11.2. The Morgan fingerprint density at radius 3 is 2.43 bits per heavy atom. The molecule has 0 spiro atoms. The van der Waals surface area contributed by atoms with Crippen LogP contribution < -0.4 is 4.90 Å². The van der Waals surface area contributed by atoms with Gasteiger partial charge in [-0.25, -0.2) is 9.69 Å². The predicted molar refractivity (Wildman–Crippen MR) is 75.7 cm³/mol. The van der Waals surface area contributed by atoms with Gasteiger partial charge in [-0.15, -0.1) is 0 Å². The third-order valence-electron chi connectivity index (χ3n) is 3.39. The molecule has 3 rings (SSSR count). The number of aromatic carboxylic acids is 1. The van der Waals surface area contributed by atoms with Gasteiger partial charge in [-0.1, -0.05) is 17.7 Å². The molecule has 2 aromatic carbocycles. The number of carbonyl (C=O) groups excluding carboxylic acids is 2. The smallest absolute Gasteiger partial charge is 0.335 e. The average molecular weight is 281 g/mol. The summed E-state index contributed by atoms with van der Waals surface area (Å²) in [5, 5.41) is 9.01. The Hall–Kier alpha value is -2.95. The molecular weight excluding hydrogens is 270 g/mol. The zero-order chi connectivity index (χ0) is 15.1. The van der Waals surface area contributed by atoms with Crippen LogP contribution in [0.1, 0.15) is 36.6 Å². The van der Waals surface area contributed by atoms with Crippen LogP contribution >= 0.6 is 0 Å². The van der Waals surface area contributed by atoms with E-state index in [1.165, 1.54) is 18.2 Å². The maximum atomic E-state index is 12.4. The highest BCUT2D eigenvalue weighted by molar-refractivity contribution is 6.34. The highest BCUT2D eigenvalue weighted by Gasteiger charge is 2.36. The van der Waals surface area contributed by atoms with Crippen molar-refractivity contribution in [2.45, 2.75) is 6.92 Å². The van der Waals surface area contributed by atoms with Crippen molar-refractivity contribution in [3.63, 3.8) is 0 Å². The maximum Gasteiger partial charge on any atom is 0.335 e. The van der Waals surface area contributed by atoms with Crippen molar-refractivity contribution in [2.24, 2.45) is 0 Å². The number of carbonyl (C=O) groups is 3. The summed E-state index contributed by atoms with van der Waals surface area (Å²) in [4.78, 5) is 36.8. The Morgan fingerprint density at radius 2 is 1.71 bits per heavy atom. The third-order valence-corrected chi connectivity index (χ3v) is 3.39. The molecule has 0 aromatic heterocycles. The van der Waals surface area contributed by atoms with E-state index < -0.39 is 17.8 Å². The first-order valence-corrected chi connectivity index (χ1v) is 6.32. The molecule has 0 saturated heterocycles. The number of amides is 2. The fourth-order valence-electron chi connectivity index (χ4n) is 2.37. The maximum absolute atomic E-state index is 12.4. The molecule has 5 nitrogen and oxygen atoms in total. The standard InChI is InChI=1S/C16H11NO4/c1-9-5-6-12-13(7-9)15(19)17(14(12)18)11-4-2-3-10(8-11)16(20)21/h2-8H,1H3,(H,20,21). The van der Waals surface area contributed by atoms with Gasteiger partial charge in [0.2, 0.25) is 0 Å². The molecule has 2 amide bonds. The molecule has 0 saturated carbocycles. The van der Waals surface area contributed by atoms with Crippen LogP contribution in [-0.4, -0.2) is 22.9 Å². The first-order valence-electron chi connectivity index (χ1n) is 6.32. The molecule has 0 unspecified atom stereocenters. The van der Waals surface area contributed by atoms with Gasteiger partial charge in [0.25, 0.3) is 11.8 Å². The molecule has 21 heavy (non-hydrogen) atoms. The van der Waals surface area contributed by atoms with Crippen molar-refractivity contribution in [1.82, 2.24) is 0 Å². The van der Waals surface area contributed by atoms with Crippen molar-refractivity contribution in [1.29, 1.82) is 0 Å². The Kier molecular flexibility index (Phi) is 2.83. The van der Waals surface area contributed by atoms with Crippen molar-refractivity contribution in [3.05, 3.63) is 64.7 Å². The molecular formula is C16H11NO4. The molecule has 5 heteroatoms. The highest BCUT2D eigenvalue weighted by Crippen LogP contribution is 2.29. The fourth-order valence-corrected chi connectivity index (χ4v) is 2.37. The van der Waals surface area contributed by atoms with Gasteiger partial charge in [0, 0.05) is 0 Å². The van der Waals surface area contributed by atoms with Crippen molar-refractivity contribution in [3.8, 4) is 0 Å². The monoisotopic (exact) mass is 281 g/mol. The van der Waals surface area contributed by atoms with E-state index in [4.69, 9.17) is 5.11 Å². The Bertz CT molecular complexity index is 795. The molecule has 1 heterocycles. The number of rotatable bonds is 2. The quantitative estimate of drug-likeness (QED) is 0.858. The Morgan fingerprint density at radius 1 is 1.00 bits per heavy atom. The van der Waals surface area contributed by atoms with Gasteiger partial charge in [-0.2, -0.15) is 0 Å². The average Bonchev–Trinajstić information content (AvgIpc) is 2.70. The summed E-state index contributed by atoms with van der Waals surface area (Å²) in [5.74, 6) is -1.97. The van der Waals surface area contributed by atoms with E-state index in [9.17, 15) is 14.4 Å². The molecule has 0 aliphatic carbocycles. The van der Waals surface area contributed by atoms with Gasteiger partial charge < -0.3 is 5.11 Å². The second kappa shape index (κ2) is 4.56. The second-order valence-electron chi connectivity index (χ2n) is 4.85. The molecule has 1 N–H and O–H groups in total. The molecule has 1 aliphatic heterocycles. The number of carboxylic acids is 1. The van der Waals surface area contributed by atoms with E-state index >= 15 is 0 Å². The summed E-state index contributed by atoms with van der Waals surface area (Å²) in [7, 11) is 0. The Labute approximate surface area is 120 Å². The van der Waals surface area contributed by atoms with E-state index in [0.717, 1.165) is 10.5 Å². The van der Waals surface area contributed by atoms with Gasteiger partial charge in [-0.3, -0.25) is 9.59 Å². The lowest BCUT2D eigenvalue weighted by Gasteiger charge is -2.14. The topological polar surface area (TPSA) is 74.7 Å². The molecule has 0 fully saturated rings. The summed E-state index contributed by atoms with van der Waals surface area (Å²) in [5.41, 5.74) is 1.86. The van der Waals surface area contributed by atoms with Crippen LogP contribution in [-0.2, 0) is 0 Å². The van der Waals surface area contributed by atoms with Crippen molar-refractivity contribution < 1.29 is 19.5 Å². The van der Waals surface area contributed by atoms with Crippen molar-refractivity contribution >= 4 is 23.5 Å². The molecule has 1 aliphatic rings. The number of nitrogens with zero attached hydrogens (tertiary/aromatic N) is 1. The van der Waals surface area contributed by atoms with E-state index in [1.54, 1.807) is 24.3 Å². The summed E-state index contributed by atoms with van der Waals surface area (Å²) in [6.45, 7) is 1.84. The van der Waals surface area contributed by atoms with Gasteiger partial charge in [0.15, 0.2) is 0 Å². The van der Waals surface area contributed by atoms with Crippen LogP contribution in [0.2, 0.25) is 0 Å². The lowest BCUT2D eigenvalue weighted by Crippen LogP contribution is -2.29. The number of benzene rings is 2. The summed E-state index contributed by atoms with van der Waals surface area (Å²) in [6, 6.07) is 10.8. The largest absolute Gasteiger partial charge is 0.478 e. The summed E-state index contributed by atoms with van der Waals surface area (Å²) >= 11 is 0. The third kappa shape index (κ3) is 1.99. The van der Waals surface area contributed by atoms with E-state index in [1.807, 2.05) is 6.92 Å². The minimum atomic E-state index is -1.11. The van der Waals surface area contributed by atoms with Gasteiger partial charge in [-0.05, 0) is 37.3 Å². The van der Waals surface area contributed by atoms with Crippen LogP contribution in [0.25, 0.3) is 0 Å². The second-order valence-corrected chi connectivity index (χ2v) is 4.85. The molecule has 0 bridgehead atoms. The minimum absolute atomic E-state index is 0.0280. The van der Waals surface area contributed by atoms with Crippen LogP contribution in [0.15, 0.2) is 42.5 Å². The zero-order valence-corrected chi connectivity index (χ0v) is 11.2. The van der Waals surface area contributed by atoms with Crippen LogP contribution in [0.4, 0.5) is 5.69 Å². The number of hydrogen-bond acceptors (Lipinski definition) is 3. The molecule has 104 valence electrons. The van der Waals surface area contributed by atoms with Crippen LogP contribution in [0.3, 0.4) is 0 Å². The Balaban J connectivity index is 2.10. The van der Waals surface area contributed by atoms with Crippen molar-refractivity contribution in [2.75, 3.05) is 4.90 Å². The van der Waals surface area contributed by atoms with E-state index in [2.05, 4.69) is 0 Å². The summed E-state index contributed by atoms with van der Waals surface area (Å²) in [6.07, 6.45) is 0. The van der Waals surface area contributed by atoms with Crippen LogP contribution in [0, 0.1) is 6.92 Å². The SMILES string of the molecule is Cc1ccc2c(c1)C(=O)N(c1cccc(C(=O)O)c1)C2=O. The number of carboxylic acid groups (broad SMARTS) is 1. The number of imide groups is 1. The number of anilines is 1. The number of fused-ring (bicyclic) bond motifs is 1. The lowest BCUT2D eigenvalue weighted by atomic mass is 10.1.